The third-order valence-corrected chi connectivity index (χ3v) is 3.66. The average Bonchev–Trinajstić information content (AvgIpc) is 2.87. The fourth-order valence-electron chi connectivity index (χ4n) is 2.09. The number of rotatable bonds is 5. The van der Waals surface area contributed by atoms with E-state index in [1.165, 1.54) is 31.1 Å². The van der Waals surface area contributed by atoms with Gasteiger partial charge in [0.25, 0.3) is 0 Å². The van der Waals surface area contributed by atoms with Gasteiger partial charge in [0.15, 0.2) is 0 Å². The molecule has 4 heteroatoms. The number of hydrogen-bond donors (Lipinski definition) is 1. The van der Waals surface area contributed by atoms with E-state index in [-0.39, 0.29) is 0 Å². The van der Waals surface area contributed by atoms with Gasteiger partial charge in [0.1, 0.15) is 5.01 Å². The normalized spacial score (nSPS) is 22.3. The highest BCUT2D eigenvalue weighted by atomic mass is 32.1. The third-order valence-electron chi connectivity index (χ3n) is 2.90. The van der Waals surface area contributed by atoms with Crippen molar-refractivity contribution in [1.29, 1.82) is 0 Å². The van der Waals surface area contributed by atoms with Crippen LogP contribution in [0.15, 0.2) is 11.6 Å². The van der Waals surface area contributed by atoms with Gasteiger partial charge < -0.3 is 5.32 Å². The molecule has 1 aliphatic rings. The van der Waals surface area contributed by atoms with Gasteiger partial charge in [-0.15, -0.1) is 11.3 Å². The molecule has 1 aromatic rings. The van der Waals surface area contributed by atoms with Gasteiger partial charge in [0.05, 0.1) is 6.54 Å². The van der Waals surface area contributed by atoms with Gasteiger partial charge in [-0.05, 0) is 32.0 Å². The van der Waals surface area contributed by atoms with Crippen molar-refractivity contribution < 1.29 is 0 Å². The van der Waals surface area contributed by atoms with Gasteiger partial charge in [-0.1, -0.05) is 6.92 Å². The molecule has 0 aromatic carbocycles. The van der Waals surface area contributed by atoms with E-state index < -0.39 is 0 Å². The molecule has 15 heavy (non-hydrogen) atoms. The van der Waals surface area contributed by atoms with Crippen LogP contribution in [0.3, 0.4) is 0 Å². The molecule has 1 aliphatic heterocycles. The van der Waals surface area contributed by atoms with Crippen LogP contribution in [0.1, 0.15) is 18.4 Å². The Morgan fingerprint density at radius 1 is 1.67 bits per heavy atom. The zero-order valence-electron chi connectivity index (χ0n) is 9.28. The largest absolute Gasteiger partial charge is 0.317 e. The number of thiazole rings is 1. The second-order valence-electron chi connectivity index (χ2n) is 4.12. The minimum atomic E-state index is 0.838. The first kappa shape index (κ1) is 11.0. The van der Waals surface area contributed by atoms with Crippen molar-refractivity contribution in [3.63, 3.8) is 0 Å². The van der Waals surface area contributed by atoms with Crippen LogP contribution in [0.25, 0.3) is 0 Å². The van der Waals surface area contributed by atoms with Gasteiger partial charge in [-0.2, -0.15) is 0 Å². The second kappa shape index (κ2) is 5.58. The van der Waals surface area contributed by atoms with Crippen molar-refractivity contribution in [1.82, 2.24) is 15.2 Å². The van der Waals surface area contributed by atoms with Crippen LogP contribution < -0.4 is 5.32 Å². The quantitative estimate of drug-likeness (QED) is 0.824. The number of likely N-dealkylation sites (tertiary alicyclic amines) is 1. The van der Waals surface area contributed by atoms with Crippen LogP contribution >= 0.6 is 11.3 Å². The smallest absolute Gasteiger partial charge is 0.107 e. The lowest BCUT2D eigenvalue weighted by Gasteiger charge is -2.14. The van der Waals surface area contributed by atoms with Crippen molar-refractivity contribution in [2.75, 3.05) is 26.2 Å². The first-order chi connectivity index (χ1) is 7.38. The predicted octanol–water partition coefficient (Wildman–Crippen LogP) is 1.57. The Labute approximate surface area is 95.5 Å². The fourth-order valence-corrected chi connectivity index (χ4v) is 2.75. The van der Waals surface area contributed by atoms with E-state index in [0.717, 1.165) is 19.0 Å². The van der Waals surface area contributed by atoms with Crippen molar-refractivity contribution >= 4 is 11.3 Å². The molecule has 0 radical (unpaired) electrons. The zero-order valence-corrected chi connectivity index (χ0v) is 10.1. The first-order valence-corrected chi connectivity index (χ1v) is 6.58. The highest BCUT2D eigenvalue weighted by Crippen LogP contribution is 2.18. The molecule has 84 valence electrons. The van der Waals surface area contributed by atoms with Gasteiger partial charge in [-0.25, -0.2) is 4.98 Å². The average molecular weight is 225 g/mol. The molecule has 1 fully saturated rings. The monoisotopic (exact) mass is 225 g/mol. The highest BCUT2D eigenvalue weighted by molar-refractivity contribution is 7.09. The topological polar surface area (TPSA) is 28.2 Å². The van der Waals surface area contributed by atoms with Gasteiger partial charge in [-0.3, -0.25) is 4.90 Å². The molecular formula is C11H19N3S. The SMILES string of the molecule is CCNCC1CCN(Cc2nccs2)C1. The summed E-state index contributed by atoms with van der Waals surface area (Å²) in [6.45, 7) is 7.93. The molecule has 1 aromatic heterocycles. The third kappa shape index (κ3) is 3.26. The molecule has 1 atom stereocenters. The molecule has 2 heterocycles. The Morgan fingerprint density at radius 3 is 3.33 bits per heavy atom. The van der Waals surface area contributed by atoms with Crippen molar-refractivity contribution in [3.8, 4) is 0 Å². The maximum absolute atomic E-state index is 4.33. The molecule has 0 amide bonds. The Kier molecular flexibility index (Phi) is 4.11. The molecular weight excluding hydrogens is 206 g/mol. The van der Waals surface area contributed by atoms with E-state index in [1.54, 1.807) is 11.3 Å². The lowest BCUT2D eigenvalue weighted by atomic mass is 10.1. The molecule has 0 spiro atoms. The summed E-state index contributed by atoms with van der Waals surface area (Å²) in [5.74, 6) is 0.838. The van der Waals surface area contributed by atoms with E-state index in [4.69, 9.17) is 0 Å². The predicted molar refractivity (Wildman–Crippen MR) is 64.0 cm³/mol. The molecule has 1 unspecified atom stereocenters. The summed E-state index contributed by atoms with van der Waals surface area (Å²) in [6, 6.07) is 0. The summed E-state index contributed by atoms with van der Waals surface area (Å²) in [6.07, 6.45) is 3.23. The lowest BCUT2D eigenvalue weighted by molar-refractivity contribution is 0.314. The molecule has 1 N–H and O–H groups in total. The number of nitrogens with zero attached hydrogens (tertiary/aromatic N) is 2. The Bertz CT molecular complexity index is 273. The van der Waals surface area contributed by atoms with Crippen LogP contribution in [0.5, 0.6) is 0 Å². The van der Waals surface area contributed by atoms with E-state index in [9.17, 15) is 0 Å². The van der Waals surface area contributed by atoms with Crippen molar-refractivity contribution in [2.24, 2.45) is 5.92 Å². The van der Waals surface area contributed by atoms with Crippen molar-refractivity contribution in [2.45, 2.75) is 19.9 Å². The molecule has 0 saturated carbocycles. The molecule has 0 aliphatic carbocycles. The number of aromatic nitrogens is 1. The van der Waals surface area contributed by atoms with E-state index >= 15 is 0 Å². The Balaban J connectivity index is 1.73. The van der Waals surface area contributed by atoms with Crippen LogP contribution in [-0.4, -0.2) is 36.1 Å². The summed E-state index contributed by atoms with van der Waals surface area (Å²) in [5, 5.41) is 6.74. The fraction of sp³-hybridized carbons (Fsp3) is 0.727. The maximum atomic E-state index is 4.33. The summed E-state index contributed by atoms with van der Waals surface area (Å²) >= 11 is 1.76. The highest BCUT2D eigenvalue weighted by Gasteiger charge is 2.22. The second-order valence-corrected chi connectivity index (χ2v) is 5.10. The lowest BCUT2D eigenvalue weighted by Crippen LogP contribution is -2.26. The molecule has 2 rings (SSSR count). The summed E-state index contributed by atoms with van der Waals surface area (Å²) in [7, 11) is 0. The van der Waals surface area contributed by atoms with E-state index in [1.807, 2.05) is 6.20 Å². The first-order valence-electron chi connectivity index (χ1n) is 5.70. The molecule has 3 nitrogen and oxygen atoms in total. The van der Waals surface area contributed by atoms with Crippen LogP contribution in [-0.2, 0) is 6.54 Å². The molecule has 1 saturated heterocycles. The van der Waals surface area contributed by atoms with Crippen LogP contribution in [0.2, 0.25) is 0 Å². The van der Waals surface area contributed by atoms with E-state index in [2.05, 4.69) is 27.5 Å². The summed E-state index contributed by atoms with van der Waals surface area (Å²) in [5.41, 5.74) is 0. The summed E-state index contributed by atoms with van der Waals surface area (Å²) < 4.78 is 0. The zero-order chi connectivity index (χ0) is 10.5. The summed E-state index contributed by atoms with van der Waals surface area (Å²) in [4.78, 5) is 6.84. The van der Waals surface area contributed by atoms with Crippen LogP contribution in [0.4, 0.5) is 0 Å². The van der Waals surface area contributed by atoms with Gasteiger partial charge in [0.2, 0.25) is 0 Å². The maximum Gasteiger partial charge on any atom is 0.107 e. The number of hydrogen-bond acceptors (Lipinski definition) is 4. The van der Waals surface area contributed by atoms with Gasteiger partial charge in [0, 0.05) is 18.1 Å². The minimum Gasteiger partial charge on any atom is -0.317 e. The Morgan fingerprint density at radius 2 is 2.60 bits per heavy atom. The van der Waals surface area contributed by atoms with Gasteiger partial charge >= 0.3 is 0 Å². The van der Waals surface area contributed by atoms with Crippen molar-refractivity contribution in [3.05, 3.63) is 16.6 Å². The van der Waals surface area contributed by atoms with E-state index in [0.29, 0.717) is 0 Å². The molecule has 0 bridgehead atoms. The minimum absolute atomic E-state index is 0.838. The Hall–Kier alpha value is -0.450. The van der Waals surface area contributed by atoms with Crippen LogP contribution in [0, 0.1) is 5.92 Å². The number of nitrogens with one attached hydrogen (secondary N) is 1. The standard InChI is InChI=1S/C11H19N3S/c1-2-12-7-10-3-5-14(8-10)9-11-13-4-6-15-11/h4,6,10,12H,2-3,5,7-9H2,1H3.